The number of para-hydroxylation sites is 2. The van der Waals surface area contributed by atoms with Crippen LogP contribution < -0.4 is 29.3 Å². The number of nitrogens with zero attached hydrogens (tertiary/aromatic N) is 3. The van der Waals surface area contributed by atoms with Crippen LogP contribution in [-0.2, 0) is 4.79 Å². The van der Waals surface area contributed by atoms with Crippen molar-refractivity contribution in [2.45, 2.75) is 12.5 Å². The number of rotatable bonds is 6. The molecule has 176 valence electrons. The molecular formula is C24H30N4O5. The van der Waals surface area contributed by atoms with Crippen molar-refractivity contribution in [3.63, 3.8) is 0 Å². The molecule has 2 saturated heterocycles. The van der Waals surface area contributed by atoms with E-state index in [-0.39, 0.29) is 24.4 Å². The van der Waals surface area contributed by atoms with E-state index in [2.05, 4.69) is 10.2 Å². The van der Waals surface area contributed by atoms with Gasteiger partial charge in [-0.3, -0.25) is 4.79 Å². The lowest BCUT2D eigenvalue weighted by atomic mass is 10.2. The average Bonchev–Trinajstić information content (AvgIpc) is 3.23. The molecule has 0 saturated carbocycles. The molecule has 33 heavy (non-hydrogen) atoms. The fraction of sp³-hybridized carbons (Fsp3) is 0.417. The van der Waals surface area contributed by atoms with Crippen molar-refractivity contribution in [1.29, 1.82) is 0 Å². The zero-order valence-electron chi connectivity index (χ0n) is 19.2. The number of anilines is 2. The minimum Gasteiger partial charge on any atom is -0.495 e. The fourth-order valence-electron chi connectivity index (χ4n) is 4.35. The van der Waals surface area contributed by atoms with Gasteiger partial charge in [-0.25, -0.2) is 4.79 Å². The van der Waals surface area contributed by atoms with Gasteiger partial charge >= 0.3 is 6.03 Å². The van der Waals surface area contributed by atoms with Crippen molar-refractivity contribution in [1.82, 2.24) is 10.2 Å². The second-order valence-electron chi connectivity index (χ2n) is 8.04. The summed E-state index contributed by atoms with van der Waals surface area (Å²) in [5, 5.41) is 3.03. The SMILES string of the molecule is COc1ccc(N2C[C@H](NC(=O)N3CCN(c4ccccc4OC)CC3)CC2=O)cc1OC. The van der Waals surface area contributed by atoms with E-state index in [1.54, 1.807) is 43.3 Å². The van der Waals surface area contributed by atoms with E-state index >= 15 is 0 Å². The molecule has 1 N–H and O–H groups in total. The number of urea groups is 1. The van der Waals surface area contributed by atoms with Crippen LogP contribution in [0.1, 0.15) is 6.42 Å². The number of benzene rings is 2. The second-order valence-corrected chi connectivity index (χ2v) is 8.04. The first-order chi connectivity index (χ1) is 16.0. The zero-order valence-corrected chi connectivity index (χ0v) is 19.2. The lowest BCUT2D eigenvalue weighted by molar-refractivity contribution is -0.117. The lowest BCUT2D eigenvalue weighted by Gasteiger charge is -2.37. The Morgan fingerprint density at radius 3 is 2.30 bits per heavy atom. The molecule has 9 nitrogen and oxygen atoms in total. The van der Waals surface area contributed by atoms with Crippen molar-refractivity contribution in [2.24, 2.45) is 0 Å². The summed E-state index contributed by atoms with van der Waals surface area (Å²) < 4.78 is 16.1. The summed E-state index contributed by atoms with van der Waals surface area (Å²) in [6, 6.07) is 12.9. The molecule has 0 bridgehead atoms. The molecule has 3 amide bonds. The Morgan fingerprint density at radius 2 is 1.61 bits per heavy atom. The molecule has 0 spiro atoms. The number of methoxy groups -OCH3 is 3. The largest absolute Gasteiger partial charge is 0.495 e. The van der Waals surface area contributed by atoms with Gasteiger partial charge in [-0.15, -0.1) is 0 Å². The van der Waals surface area contributed by atoms with Crippen LogP contribution >= 0.6 is 0 Å². The van der Waals surface area contributed by atoms with Gasteiger partial charge in [0.2, 0.25) is 5.91 Å². The first kappa shape index (κ1) is 22.6. The Bertz CT molecular complexity index is 1010. The maximum Gasteiger partial charge on any atom is 0.317 e. The van der Waals surface area contributed by atoms with Gasteiger partial charge in [0.05, 0.1) is 33.1 Å². The van der Waals surface area contributed by atoms with Crippen LogP contribution in [0.3, 0.4) is 0 Å². The van der Waals surface area contributed by atoms with Crippen LogP contribution in [0.5, 0.6) is 17.2 Å². The number of nitrogens with one attached hydrogen (secondary N) is 1. The van der Waals surface area contributed by atoms with E-state index in [0.29, 0.717) is 31.1 Å². The summed E-state index contributed by atoms with van der Waals surface area (Å²) in [5.74, 6) is 1.96. The van der Waals surface area contributed by atoms with E-state index in [1.165, 1.54) is 0 Å². The van der Waals surface area contributed by atoms with Crippen LogP contribution in [0.25, 0.3) is 0 Å². The number of carbonyl (C=O) groups is 2. The van der Waals surface area contributed by atoms with Gasteiger partial charge in [0.25, 0.3) is 0 Å². The van der Waals surface area contributed by atoms with Crippen LogP contribution in [-0.4, -0.2) is 76.9 Å². The van der Waals surface area contributed by atoms with Gasteiger partial charge in [-0.2, -0.15) is 0 Å². The molecule has 0 aromatic heterocycles. The highest BCUT2D eigenvalue weighted by atomic mass is 16.5. The minimum absolute atomic E-state index is 0.0338. The van der Waals surface area contributed by atoms with Crippen LogP contribution in [0.4, 0.5) is 16.2 Å². The average molecular weight is 455 g/mol. The molecule has 2 fully saturated rings. The van der Waals surface area contributed by atoms with Crippen molar-refractivity contribution < 1.29 is 23.8 Å². The number of piperazine rings is 1. The number of ether oxygens (including phenoxy) is 3. The Morgan fingerprint density at radius 1 is 0.909 bits per heavy atom. The van der Waals surface area contributed by atoms with Crippen molar-refractivity contribution in [3.8, 4) is 17.2 Å². The summed E-state index contributed by atoms with van der Waals surface area (Å²) in [6.07, 6.45) is 0.265. The summed E-state index contributed by atoms with van der Waals surface area (Å²) >= 11 is 0. The van der Waals surface area contributed by atoms with Crippen LogP contribution in [0.2, 0.25) is 0 Å². The molecule has 1 atom stereocenters. The topological polar surface area (TPSA) is 83.6 Å². The van der Waals surface area contributed by atoms with E-state index in [9.17, 15) is 9.59 Å². The Kier molecular flexibility index (Phi) is 6.76. The van der Waals surface area contributed by atoms with Gasteiger partial charge in [-0.1, -0.05) is 12.1 Å². The lowest BCUT2D eigenvalue weighted by Crippen LogP contribution is -2.54. The molecule has 9 heteroatoms. The summed E-state index contributed by atoms with van der Waals surface area (Å²) in [6.45, 7) is 3.05. The quantitative estimate of drug-likeness (QED) is 0.722. The standard InChI is InChI=1S/C24H30N4O5/c1-31-20-7-5-4-6-19(20)26-10-12-27(13-11-26)24(30)25-17-14-23(29)28(16-17)18-8-9-21(32-2)22(15-18)33-3/h4-9,15,17H,10-14,16H2,1-3H3,(H,25,30)/t17-/m1/s1. The highest BCUT2D eigenvalue weighted by molar-refractivity contribution is 5.97. The van der Waals surface area contributed by atoms with Crippen molar-refractivity contribution >= 4 is 23.3 Å². The molecule has 0 unspecified atom stereocenters. The molecule has 2 aliphatic heterocycles. The van der Waals surface area contributed by atoms with E-state index in [4.69, 9.17) is 14.2 Å². The van der Waals surface area contributed by atoms with Gasteiger partial charge in [0.15, 0.2) is 11.5 Å². The van der Waals surface area contributed by atoms with E-state index in [1.807, 2.05) is 30.3 Å². The van der Waals surface area contributed by atoms with Crippen molar-refractivity contribution in [2.75, 3.05) is 63.9 Å². The predicted molar refractivity (Wildman–Crippen MR) is 126 cm³/mol. The maximum absolute atomic E-state index is 12.9. The number of hydrogen-bond donors (Lipinski definition) is 1. The van der Waals surface area contributed by atoms with Crippen LogP contribution in [0.15, 0.2) is 42.5 Å². The second kappa shape index (κ2) is 9.89. The normalized spacial score (nSPS) is 18.3. The van der Waals surface area contributed by atoms with Gasteiger partial charge in [0.1, 0.15) is 5.75 Å². The third-order valence-electron chi connectivity index (χ3n) is 6.12. The molecule has 2 heterocycles. The summed E-state index contributed by atoms with van der Waals surface area (Å²) in [5.41, 5.74) is 1.76. The van der Waals surface area contributed by atoms with Crippen molar-refractivity contribution in [3.05, 3.63) is 42.5 Å². The summed E-state index contributed by atoms with van der Waals surface area (Å²) in [4.78, 5) is 31.2. The Labute approximate surface area is 193 Å². The van der Waals surface area contributed by atoms with Crippen LogP contribution in [0, 0.1) is 0 Å². The van der Waals surface area contributed by atoms with Gasteiger partial charge in [-0.05, 0) is 24.3 Å². The van der Waals surface area contributed by atoms with E-state index in [0.717, 1.165) is 30.2 Å². The fourth-order valence-corrected chi connectivity index (χ4v) is 4.35. The number of amides is 3. The zero-order chi connectivity index (χ0) is 23.4. The molecule has 2 aromatic rings. The monoisotopic (exact) mass is 454 g/mol. The Balaban J connectivity index is 1.33. The molecular weight excluding hydrogens is 424 g/mol. The highest BCUT2D eigenvalue weighted by Gasteiger charge is 2.33. The molecule has 2 aromatic carbocycles. The molecule has 4 rings (SSSR count). The van der Waals surface area contributed by atoms with E-state index < -0.39 is 0 Å². The van der Waals surface area contributed by atoms with Gasteiger partial charge < -0.3 is 34.2 Å². The molecule has 2 aliphatic rings. The maximum atomic E-state index is 12.9. The Hall–Kier alpha value is -3.62. The first-order valence-electron chi connectivity index (χ1n) is 11.0. The molecule has 0 radical (unpaired) electrons. The van der Waals surface area contributed by atoms with Gasteiger partial charge in [0, 0.05) is 50.9 Å². The first-order valence-corrected chi connectivity index (χ1v) is 11.0. The number of hydrogen-bond acceptors (Lipinski definition) is 6. The summed E-state index contributed by atoms with van der Waals surface area (Å²) in [7, 11) is 4.79. The molecule has 0 aliphatic carbocycles. The third-order valence-corrected chi connectivity index (χ3v) is 6.12. The smallest absolute Gasteiger partial charge is 0.317 e. The number of carbonyl (C=O) groups excluding carboxylic acids is 2. The minimum atomic E-state index is -0.245. The highest BCUT2D eigenvalue weighted by Crippen LogP contribution is 2.33. The third kappa shape index (κ3) is 4.76. The predicted octanol–water partition coefficient (Wildman–Crippen LogP) is 2.35.